The summed E-state index contributed by atoms with van der Waals surface area (Å²) in [6.45, 7) is 2.01. The molecule has 0 fully saturated rings. The van der Waals surface area contributed by atoms with E-state index >= 15 is 0 Å². The summed E-state index contributed by atoms with van der Waals surface area (Å²) in [6, 6.07) is 23.8. The van der Waals surface area contributed by atoms with Crippen LogP contribution in [0.5, 0.6) is 5.75 Å². The van der Waals surface area contributed by atoms with Gasteiger partial charge in [-0.05, 0) is 53.4 Å². The first-order valence-electron chi connectivity index (χ1n) is 8.79. The van der Waals surface area contributed by atoms with Gasteiger partial charge in [-0.1, -0.05) is 54.6 Å². The van der Waals surface area contributed by atoms with E-state index in [1.807, 2.05) is 6.07 Å². The van der Waals surface area contributed by atoms with Crippen LogP contribution >= 0.6 is 0 Å². The summed E-state index contributed by atoms with van der Waals surface area (Å²) in [6.07, 6.45) is 1.08. The van der Waals surface area contributed by atoms with E-state index in [0.717, 1.165) is 30.8 Å². The zero-order chi connectivity index (χ0) is 17.2. The third-order valence-electron chi connectivity index (χ3n) is 5.02. The molecule has 0 atom stereocenters. The molecule has 126 valence electrons. The standard InChI is InChI=1S/C23H23NO/c1-24-13-12-18-10-6-7-11-20(18)21-15-22(17-8-4-3-5-9-17)23(25-2)14-19(21)16-24/h3-11,14-15H,12-13,16H2,1-2H3. The monoisotopic (exact) mass is 329 g/mol. The van der Waals surface area contributed by atoms with Crippen LogP contribution in [-0.4, -0.2) is 25.6 Å². The maximum Gasteiger partial charge on any atom is 0.127 e. The zero-order valence-electron chi connectivity index (χ0n) is 14.8. The average Bonchev–Trinajstić information content (AvgIpc) is 2.66. The van der Waals surface area contributed by atoms with E-state index in [2.05, 4.69) is 72.6 Å². The fourth-order valence-electron chi connectivity index (χ4n) is 3.70. The van der Waals surface area contributed by atoms with Gasteiger partial charge in [-0.2, -0.15) is 0 Å². The maximum absolute atomic E-state index is 5.74. The summed E-state index contributed by atoms with van der Waals surface area (Å²) in [5.74, 6) is 0.941. The highest BCUT2D eigenvalue weighted by Crippen LogP contribution is 2.39. The van der Waals surface area contributed by atoms with Gasteiger partial charge in [-0.3, -0.25) is 0 Å². The molecule has 0 spiro atoms. The van der Waals surface area contributed by atoms with Crippen LogP contribution in [0.15, 0.2) is 66.7 Å². The molecule has 0 amide bonds. The van der Waals surface area contributed by atoms with Crippen LogP contribution in [-0.2, 0) is 13.0 Å². The molecule has 4 rings (SSSR count). The van der Waals surface area contributed by atoms with E-state index < -0.39 is 0 Å². The van der Waals surface area contributed by atoms with Crippen molar-refractivity contribution in [3.63, 3.8) is 0 Å². The van der Waals surface area contributed by atoms with Gasteiger partial charge >= 0.3 is 0 Å². The highest BCUT2D eigenvalue weighted by molar-refractivity contribution is 5.81. The Balaban J connectivity index is 1.97. The highest BCUT2D eigenvalue weighted by atomic mass is 16.5. The van der Waals surface area contributed by atoms with Crippen LogP contribution in [0.1, 0.15) is 11.1 Å². The fraction of sp³-hybridized carbons (Fsp3) is 0.217. The van der Waals surface area contributed by atoms with Crippen molar-refractivity contribution >= 4 is 0 Å². The number of nitrogens with zero attached hydrogens (tertiary/aromatic N) is 1. The van der Waals surface area contributed by atoms with Gasteiger partial charge in [0.25, 0.3) is 0 Å². The molecule has 3 aromatic carbocycles. The van der Waals surface area contributed by atoms with Crippen LogP contribution in [0.25, 0.3) is 22.3 Å². The molecule has 0 aliphatic carbocycles. The Labute approximate surface area is 149 Å². The SMILES string of the molecule is COc1cc2c(cc1-c1ccccc1)-c1ccccc1CCN(C)C2. The van der Waals surface area contributed by atoms with Crippen LogP contribution in [0.2, 0.25) is 0 Å². The Morgan fingerprint density at radius 1 is 0.800 bits per heavy atom. The van der Waals surface area contributed by atoms with Crippen molar-refractivity contribution in [1.29, 1.82) is 0 Å². The minimum Gasteiger partial charge on any atom is -0.496 e. The Morgan fingerprint density at radius 2 is 1.56 bits per heavy atom. The minimum absolute atomic E-state index is 0.940. The number of methoxy groups -OCH3 is 1. The number of hydrogen-bond donors (Lipinski definition) is 0. The number of hydrogen-bond acceptors (Lipinski definition) is 2. The second-order valence-electron chi connectivity index (χ2n) is 6.72. The molecule has 0 bridgehead atoms. The molecule has 0 N–H and O–H groups in total. The number of fused-ring (bicyclic) bond motifs is 3. The predicted octanol–water partition coefficient (Wildman–Crippen LogP) is 5.02. The van der Waals surface area contributed by atoms with Crippen molar-refractivity contribution in [2.45, 2.75) is 13.0 Å². The lowest BCUT2D eigenvalue weighted by atomic mass is 9.89. The lowest BCUT2D eigenvalue weighted by molar-refractivity contribution is 0.329. The summed E-state index contributed by atoms with van der Waals surface area (Å²) in [7, 11) is 3.95. The van der Waals surface area contributed by atoms with E-state index in [1.54, 1.807) is 7.11 Å². The number of rotatable bonds is 2. The molecule has 25 heavy (non-hydrogen) atoms. The topological polar surface area (TPSA) is 12.5 Å². The molecule has 1 heterocycles. The lowest BCUT2D eigenvalue weighted by Crippen LogP contribution is -2.23. The van der Waals surface area contributed by atoms with Gasteiger partial charge in [0.1, 0.15) is 5.75 Å². The van der Waals surface area contributed by atoms with Crippen molar-refractivity contribution in [1.82, 2.24) is 4.90 Å². The molecule has 1 aliphatic rings. The quantitative estimate of drug-likeness (QED) is 0.655. The minimum atomic E-state index is 0.940. The Morgan fingerprint density at radius 3 is 2.36 bits per heavy atom. The van der Waals surface area contributed by atoms with Gasteiger partial charge in [0.15, 0.2) is 0 Å². The zero-order valence-corrected chi connectivity index (χ0v) is 14.8. The molecule has 0 saturated carbocycles. The predicted molar refractivity (Wildman–Crippen MR) is 104 cm³/mol. The van der Waals surface area contributed by atoms with Crippen molar-refractivity contribution in [2.75, 3.05) is 20.7 Å². The van der Waals surface area contributed by atoms with Gasteiger partial charge in [0, 0.05) is 18.7 Å². The molecule has 1 aliphatic heterocycles. The third-order valence-corrected chi connectivity index (χ3v) is 5.02. The fourth-order valence-corrected chi connectivity index (χ4v) is 3.70. The number of likely N-dealkylation sites (N-methyl/N-ethyl adjacent to an activating group) is 1. The van der Waals surface area contributed by atoms with Gasteiger partial charge in [-0.15, -0.1) is 0 Å². The molecule has 0 saturated heterocycles. The van der Waals surface area contributed by atoms with Crippen molar-refractivity contribution in [3.05, 3.63) is 77.9 Å². The van der Waals surface area contributed by atoms with E-state index in [4.69, 9.17) is 4.74 Å². The third kappa shape index (κ3) is 3.06. The summed E-state index contributed by atoms with van der Waals surface area (Å²) in [4.78, 5) is 2.39. The van der Waals surface area contributed by atoms with E-state index in [-0.39, 0.29) is 0 Å². The van der Waals surface area contributed by atoms with Crippen LogP contribution in [0.3, 0.4) is 0 Å². The first-order valence-corrected chi connectivity index (χ1v) is 8.79. The summed E-state index contributed by atoms with van der Waals surface area (Å²) >= 11 is 0. The van der Waals surface area contributed by atoms with Gasteiger partial charge in [0.05, 0.1) is 7.11 Å². The molecular formula is C23H23NO. The Bertz CT molecular complexity index is 886. The smallest absolute Gasteiger partial charge is 0.127 e. The summed E-state index contributed by atoms with van der Waals surface area (Å²) < 4.78 is 5.74. The molecule has 0 unspecified atom stereocenters. The van der Waals surface area contributed by atoms with Crippen molar-refractivity contribution in [2.24, 2.45) is 0 Å². The highest BCUT2D eigenvalue weighted by Gasteiger charge is 2.18. The maximum atomic E-state index is 5.74. The second kappa shape index (κ2) is 6.73. The van der Waals surface area contributed by atoms with Crippen LogP contribution in [0.4, 0.5) is 0 Å². The Kier molecular flexibility index (Phi) is 4.29. The van der Waals surface area contributed by atoms with Gasteiger partial charge in [0.2, 0.25) is 0 Å². The lowest BCUT2D eigenvalue weighted by Gasteiger charge is -2.25. The molecule has 3 aromatic rings. The summed E-state index contributed by atoms with van der Waals surface area (Å²) in [5, 5.41) is 0. The van der Waals surface area contributed by atoms with Crippen molar-refractivity contribution < 1.29 is 4.74 Å². The number of ether oxygens (including phenoxy) is 1. The number of benzene rings is 3. The normalized spacial score (nSPS) is 14.2. The second-order valence-corrected chi connectivity index (χ2v) is 6.72. The average molecular weight is 329 g/mol. The Hall–Kier alpha value is -2.58. The first-order chi connectivity index (χ1) is 12.3. The van der Waals surface area contributed by atoms with Crippen LogP contribution in [0, 0.1) is 0 Å². The molecular weight excluding hydrogens is 306 g/mol. The van der Waals surface area contributed by atoms with E-state index in [9.17, 15) is 0 Å². The molecule has 0 aromatic heterocycles. The molecule has 0 radical (unpaired) electrons. The van der Waals surface area contributed by atoms with E-state index in [1.165, 1.54) is 27.8 Å². The molecule has 2 heteroatoms. The van der Waals surface area contributed by atoms with E-state index in [0.29, 0.717) is 0 Å². The van der Waals surface area contributed by atoms with Gasteiger partial charge in [-0.25, -0.2) is 0 Å². The molecule has 2 nitrogen and oxygen atoms in total. The summed E-state index contributed by atoms with van der Waals surface area (Å²) in [5.41, 5.74) is 7.76. The van der Waals surface area contributed by atoms with Gasteiger partial charge < -0.3 is 9.64 Å². The van der Waals surface area contributed by atoms with Crippen molar-refractivity contribution in [3.8, 4) is 28.0 Å². The first kappa shape index (κ1) is 15.9. The van der Waals surface area contributed by atoms with Crippen LogP contribution < -0.4 is 4.74 Å². The largest absolute Gasteiger partial charge is 0.496 e.